The number of hydrogen-bond donors (Lipinski definition) is 1. The number of alkyl halides is 1. The molecule has 96 valence electrons. The molecular formula is C9H14ClN3O3S. The SMILES string of the molecule is O=S1(=O)CCCC1CNc1nnc(CCCl)o1. The maximum Gasteiger partial charge on any atom is 0.315 e. The Labute approximate surface area is 105 Å². The van der Waals surface area contributed by atoms with E-state index in [1.165, 1.54) is 0 Å². The minimum Gasteiger partial charge on any atom is -0.408 e. The number of aryl methyl sites for hydroxylation is 1. The molecule has 0 bridgehead atoms. The van der Waals surface area contributed by atoms with Gasteiger partial charge in [-0.1, -0.05) is 5.10 Å². The summed E-state index contributed by atoms with van der Waals surface area (Å²) in [5, 5.41) is 10.1. The van der Waals surface area contributed by atoms with Gasteiger partial charge in [-0.05, 0) is 12.8 Å². The lowest BCUT2D eigenvalue weighted by atomic mass is 10.2. The highest BCUT2D eigenvalue weighted by Gasteiger charge is 2.31. The van der Waals surface area contributed by atoms with Crippen molar-refractivity contribution in [3.8, 4) is 0 Å². The minimum absolute atomic E-state index is 0.257. The maximum atomic E-state index is 11.6. The number of anilines is 1. The Balaban J connectivity index is 1.89. The average Bonchev–Trinajstić information content (AvgIpc) is 2.83. The smallest absolute Gasteiger partial charge is 0.315 e. The molecular weight excluding hydrogens is 266 g/mol. The Kier molecular flexibility index (Phi) is 3.88. The highest BCUT2D eigenvalue weighted by Crippen LogP contribution is 2.20. The van der Waals surface area contributed by atoms with Crippen LogP contribution in [-0.2, 0) is 16.3 Å². The quantitative estimate of drug-likeness (QED) is 0.804. The molecule has 0 aliphatic carbocycles. The fraction of sp³-hybridized carbons (Fsp3) is 0.778. The molecule has 0 amide bonds. The summed E-state index contributed by atoms with van der Waals surface area (Å²) >= 11 is 5.54. The van der Waals surface area contributed by atoms with Crippen LogP contribution in [0.5, 0.6) is 0 Å². The molecule has 2 rings (SSSR count). The van der Waals surface area contributed by atoms with Gasteiger partial charge in [-0.2, -0.15) is 0 Å². The van der Waals surface area contributed by atoms with E-state index in [1.807, 2.05) is 0 Å². The van der Waals surface area contributed by atoms with Crippen LogP contribution >= 0.6 is 11.6 Å². The second kappa shape index (κ2) is 5.22. The second-order valence-electron chi connectivity index (χ2n) is 3.95. The first-order valence-electron chi connectivity index (χ1n) is 5.45. The lowest BCUT2D eigenvalue weighted by Crippen LogP contribution is -2.25. The van der Waals surface area contributed by atoms with E-state index >= 15 is 0 Å². The van der Waals surface area contributed by atoms with Crippen LogP contribution in [0, 0.1) is 0 Å². The van der Waals surface area contributed by atoms with Crippen molar-refractivity contribution < 1.29 is 12.8 Å². The van der Waals surface area contributed by atoms with E-state index in [-0.39, 0.29) is 17.0 Å². The summed E-state index contributed by atoms with van der Waals surface area (Å²) in [6.07, 6.45) is 1.94. The molecule has 1 aromatic heterocycles. The van der Waals surface area contributed by atoms with Gasteiger partial charge in [-0.3, -0.25) is 0 Å². The van der Waals surface area contributed by atoms with E-state index in [1.54, 1.807) is 0 Å². The van der Waals surface area contributed by atoms with Gasteiger partial charge in [0.15, 0.2) is 9.84 Å². The van der Waals surface area contributed by atoms with Crippen LogP contribution in [0.3, 0.4) is 0 Å². The molecule has 0 aromatic carbocycles. The van der Waals surface area contributed by atoms with Crippen LogP contribution < -0.4 is 5.32 Å². The third kappa shape index (κ3) is 3.10. The zero-order chi connectivity index (χ0) is 12.3. The van der Waals surface area contributed by atoms with Crippen LogP contribution in [0.1, 0.15) is 18.7 Å². The highest BCUT2D eigenvalue weighted by atomic mass is 35.5. The predicted molar refractivity (Wildman–Crippen MR) is 64.0 cm³/mol. The molecule has 17 heavy (non-hydrogen) atoms. The molecule has 6 nitrogen and oxygen atoms in total. The van der Waals surface area contributed by atoms with E-state index in [0.717, 1.165) is 6.42 Å². The zero-order valence-corrected chi connectivity index (χ0v) is 10.8. The fourth-order valence-electron chi connectivity index (χ4n) is 1.80. The summed E-state index contributed by atoms with van der Waals surface area (Å²) in [6, 6.07) is 0.257. The molecule has 1 N–H and O–H groups in total. The normalized spacial score (nSPS) is 22.8. The number of hydrogen-bond acceptors (Lipinski definition) is 6. The van der Waals surface area contributed by atoms with Crippen molar-refractivity contribution in [2.45, 2.75) is 24.5 Å². The Morgan fingerprint density at radius 2 is 2.29 bits per heavy atom. The van der Waals surface area contributed by atoms with Crippen LogP contribution in [-0.4, -0.2) is 42.0 Å². The molecule has 1 aliphatic rings. The predicted octanol–water partition coefficient (Wildman–Crippen LogP) is 0.840. The maximum absolute atomic E-state index is 11.6. The van der Waals surface area contributed by atoms with Gasteiger partial charge < -0.3 is 9.73 Å². The Bertz CT molecular complexity index is 474. The monoisotopic (exact) mass is 279 g/mol. The van der Waals surface area contributed by atoms with Crippen molar-refractivity contribution in [1.82, 2.24) is 10.2 Å². The Morgan fingerprint density at radius 1 is 1.47 bits per heavy atom. The van der Waals surface area contributed by atoms with Gasteiger partial charge >= 0.3 is 6.01 Å². The van der Waals surface area contributed by atoms with Crippen molar-refractivity contribution >= 4 is 27.5 Å². The van der Waals surface area contributed by atoms with Crippen molar-refractivity contribution in [2.75, 3.05) is 23.5 Å². The molecule has 1 atom stereocenters. The van der Waals surface area contributed by atoms with E-state index < -0.39 is 9.84 Å². The van der Waals surface area contributed by atoms with Crippen molar-refractivity contribution in [2.24, 2.45) is 0 Å². The van der Waals surface area contributed by atoms with E-state index in [9.17, 15) is 8.42 Å². The number of nitrogens with one attached hydrogen (secondary N) is 1. The third-order valence-corrected chi connectivity index (χ3v) is 5.18. The molecule has 1 fully saturated rings. The molecule has 1 unspecified atom stereocenters. The van der Waals surface area contributed by atoms with Crippen molar-refractivity contribution in [3.63, 3.8) is 0 Å². The summed E-state index contributed by atoms with van der Waals surface area (Å²) in [5.74, 6) is 1.15. The molecule has 1 aromatic rings. The van der Waals surface area contributed by atoms with Crippen molar-refractivity contribution in [1.29, 1.82) is 0 Å². The highest BCUT2D eigenvalue weighted by molar-refractivity contribution is 7.92. The van der Waals surface area contributed by atoms with Gasteiger partial charge in [0.05, 0.1) is 11.0 Å². The summed E-state index contributed by atoms with van der Waals surface area (Å²) in [4.78, 5) is 0. The lowest BCUT2D eigenvalue weighted by Gasteiger charge is -2.08. The summed E-state index contributed by atoms with van der Waals surface area (Å²) in [5.41, 5.74) is 0. The number of aromatic nitrogens is 2. The first-order chi connectivity index (χ1) is 8.12. The zero-order valence-electron chi connectivity index (χ0n) is 9.23. The summed E-state index contributed by atoms with van der Waals surface area (Å²) in [7, 11) is -2.93. The van der Waals surface area contributed by atoms with Crippen LogP contribution in [0.4, 0.5) is 6.01 Å². The van der Waals surface area contributed by atoms with E-state index in [2.05, 4.69) is 15.5 Å². The molecule has 0 spiro atoms. The van der Waals surface area contributed by atoms with Crippen LogP contribution in [0.15, 0.2) is 4.42 Å². The van der Waals surface area contributed by atoms with Gasteiger partial charge in [0.1, 0.15) is 0 Å². The van der Waals surface area contributed by atoms with Gasteiger partial charge in [-0.25, -0.2) is 8.42 Å². The van der Waals surface area contributed by atoms with E-state index in [4.69, 9.17) is 16.0 Å². The number of halogens is 1. The topological polar surface area (TPSA) is 85.1 Å². The molecule has 0 radical (unpaired) electrons. The first-order valence-corrected chi connectivity index (χ1v) is 7.70. The van der Waals surface area contributed by atoms with E-state index in [0.29, 0.717) is 31.2 Å². The number of sulfone groups is 1. The third-order valence-electron chi connectivity index (χ3n) is 2.72. The summed E-state index contributed by atoms with van der Waals surface area (Å²) in [6.45, 7) is 0.324. The largest absolute Gasteiger partial charge is 0.408 e. The molecule has 0 saturated carbocycles. The summed E-state index contributed by atoms with van der Waals surface area (Å²) < 4.78 is 28.4. The van der Waals surface area contributed by atoms with Crippen LogP contribution in [0.25, 0.3) is 0 Å². The van der Waals surface area contributed by atoms with Crippen molar-refractivity contribution in [3.05, 3.63) is 5.89 Å². The minimum atomic E-state index is -2.93. The Hall–Kier alpha value is -0.820. The van der Waals surface area contributed by atoms with Crippen LogP contribution in [0.2, 0.25) is 0 Å². The molecule has 2 heterocycles. The molecule has 1 saturated heterocycles. The first kappa shape index (κ1) is 12.6. The fourth-order valence-corrected chi connectivity index (χ4v) is 3.72. The van der Waals surface area contributed by atoms with Gasteiger partial charge in [0, 0.05) is 18.8 Å². The Morgan fingerprint density at radius 3 is 2.94 bits per heavy atom. The van der Waals surface area contributed by atoms with Gasteiger partial charge in [0.25, 0.3) is 0 Å². The lowest BCUT2D eigenvalue weighted by molar-refractivity contribution is 0.511. The average molecular weight is 280 g/mol. The molecule has 8 heteroatoms. The number of rotatable bonds is 5. The molecule has 1 aliphatic heterocycles. The standard InChI is InChI=1S/C9H14ClN3O3S/c10-4-3-8-12-13-9(16-8)11-6-7-2-1-5-17(7,14)15/h7H,1-6H2,(H,11,13). The second-order valence-corrected chi connectivity index (χ2v) is 6.73. The van der Waals surface area contributed by atoms with Gasteiger partial charge in [-0.15, -0.1) is 16.7 Å². The van der Waals surface area contributed by atoms with Gasteiger partial charge in [0.2, 0.25) is 5.89 Å². The number of nitrogens with zero attached hydrogens (tertiary/aromatic N) is 2.